The van der Waals surface area contributed by atoms with Gasteiger partial charge in [-0.3, -0.25) is 4.84 Å². The second-order valence-electron chi connectivity index (χ2n) is 5.20. The fraction of sp³-hybridized carbons (Fsp3) is 0.571. The van der Waals surface area contributed by atoms with Crippen molar-refractivity contribution in [2.24, 2.45) is 0 Å². The molecule has 2 nitrogen and oxygen atoms in total. The molecule has 0 fully saturated rings. The molecule has 0 amide bonds. The summed E-state index contributed by atoms with van der Waals surface area (Å²) in [5.41, 5.74) is 5.55. The van der Waals surface area contributed by atoms with Crippen molar-refractivity contribution in [1.82, 2.24) is 5.48 Å². The highest BCUT2D eigenvalue weighted by Crippen LogP contribution is 2.18. The lowest BCUT2D eigenvalue weighted by molar-refractivity contribution is -0.0896. The summed E-state index contributed by atoms with van der Waals surface area (Å²) in [5, 5.41) is 0. The maximum Gasteiger partial charge on any atom is 0.0813 e. The molecule has 0 aliphatic heterocycles. The smallest absolute Gasteiger partial charge is 0.0813 e. The Balaban J connectivity index is 2.64. The van der Waals surface area contributed by atoms with Crippen LogP contribution in [0.1, 0.15) is 51.3 Å². The van der Waals surface area contributed by atoms with Gasteiger partial charge in [-0.15, -0.1) is 0 Å². The lowest BCUT2D eigenvalue weighted by Gasteiger charge is -2.24. The number of rotatable bonds is 4. The molecule has 0 aliphatic carbocycles. The predicted octanol–water partition coefficient (Wildman–Crippen LogP) is 3.77. The molecule has 1 aromatic carbocycles. The normalized spacial score (nSPS) is 13.8. The zero-order valence-corrected chi connectivity index (χ0v) is 11.0. The van der Waals surface area contributed by atoms with Gasteiger partial charge in [0.15, 0.2) is 0 Å². The van der Waals surface area contributed by atoms with Gasteiger partial charge in [0.05, 0.1) is 11.6 Å². The van der Waals surface area contributed by atoms with E-state index >= 15 is 0 Å². The summed E-state index contributed by atoms with van der Waals surface area (Å²) in [6.07, 6.45) is 1.01. The molecule has 1 rings (SSSR count). The van der Waals surface area contributed by atoms with Gasteiger partial charge < -0.3 is 0 Å². The Kier molecular flexibility index (Phi) is 4.51. The SMILES string of the molecule is CCC(NOC(C)(C)C)c1ccc(C)cc1. The van der Waals surface area contributed by atoms with Gasteiger partial charge in [-0.25, -0.2) is 0 Å². The molecule has 2 heteroatoms. The topological polar surface area (TPSA) is 21.3 Å². The molecule has 1 N–H and O–H groups in total. The molecule has 0 radical (unpaired) electrons. The summed E-state index contributed by atoms with van der Waals surface area (Å²) in [6.45, 7) is 10.4. The van der Waals surface area contributed by atoms with Crippen molar-refractivity contribution in [2.45, 2.75) is 52.7 Å². The van der Waals surface area contributed by atoms with Crippen LogP contribution in [0.2, 0.25) is 0 Å². The number of nitrogens with one attached hydrogen (secondary N) is 1. The van der Waals surface area contributed by atoms with Gasteiger partial charge in [0, 0.05) is 0 Å². The molecule has 0 aliphatic rings. The average molecular weight is 221 g/mol. The van der Waals surface area contributed by atoms with E-state index in [9.17, 15) is 0 Å². The zero-order chi connectivity index (χ0) is 12.2. The van der Waals surface area contributed by atoms with E-state index in [0.717, 1.165) is 6.42 Å². The molecule has 0 saturated carbocycles. The summed E-state index contributed by atoms with van der Waals surface area (Å²) in [7, 11) is 0. The van der Waals surface area contributed by atoms with Crippen LogP contribution >= 0.6 is 0 Å². The Bertz CT molecular complexity index is 311. The van der Waals surface area contributed by atoms with E-state index in [1.54, 1.807) is 0 Å². The van der Waals surface area contributed by atoms with Gasteiger partial charge in [-0.05, 0) is 39.7 Å². The van der Waals surface area contributed by atoms with E-state index in [1.807, 2.05) is 20.8 Å². The Morgan fingerprint density at radius 1 is 1.19 bits per heavy atom. The highest BCUT2D eigenvalue weighted by atomic mass is 16.7. The number of hydroxylamine groups is 1. The molecular weight excluding hydrogens is 198 g/mol. The lowest BCUT2D eigenvalue weighted by atomic mass is 10.0. The van der Waals surface area contributed by atoms with Gasteiger partial charge in [-0.2, -0.15) is 5.48 Å². The van der Waals surface area contributed by atoms with Gasteiger partial charge in [0.25, 0.3) is 0 Å². The predicted molar refractivity (Wildman–Crippen MR) is 68.2 cm³/mol. The van der Waals surface area contributed by atoms with Gasteiger partial charge in [-0.1, -0.05) is 36.8 Å². The monoisotopic (exact) mass is 221 g/mol. The minimum absolute atomic E-state index is 0.155. The van der Waals surface area contributed by atoms with Crippen molar-refractivity contribution in [3.63, 3.8) is 0 Å². The first-order valence-electron chi connectivity index (χ1n) is 5.92. The minimum Gasteiger partial charge on any atom is -0.296 e. The van der Waals surface area contributed by atoms with Gasteiger partial charge in [0.1, 0.15) is 0 Å². The first kappa shape index (κ1) is 13.2. The van der Waals surface area contributed by atoms with Crippen molar-refractivity contribution in [3.8, 4) is 0 Å². The maximum atomic E-state index is 5.62. The number of benzene rings is 1. The zero-order valence-electron chi connectivity index (χ0n) is 11.0. The number of aryl methyl sites for hydroxylation is 1. The average Bonchev–Trinajstić information content (AvgIpc) is 2.20. The third kappa shape index (κ3) is 4.33. The van der Waals surface area contributed by atoms with E-state index in [2.05, 4.69) is 43.6 Å². The van der Waals surface area contributed by atoms with Crippen LogP contribution in [-0.4, -0.2) is 5.60 Å². The standard InChI is InChI=1S/C14H23NO/c1-6-13(15-16-14(3,4)5)12-9-7-11(2)8-10-12/h7-10,13,15H,6H2,1-5H3. The van der Waals surface area contributed by atoms with E-state index in [0.29, 0.717) is 0 Å². The fourth-order valence-electron chi connectivity index (χ4n) is 1.43. The summed E-state index contributed by atoms with van der Waals surface area (Å²) < 4.78 is 0. The molecule has 0 saturated heterocycles. The van der Waals surface area contributed by atoms with Gasteiger partial charge in [0.2, 0.25) is 0 Å². The van der Waals surface area contributed by atoms with E-state index < -0.39 is 0 Å². The van der Waals surface area contributed by atoms with E-state index in [-0.39, 0.29) is 11.6 Å². The Morgan fingerprint density at radius 2 is 1.75 bits per heavy atom. The third-order valence-corrected chi connectivity index (χ3v) is 2.40. The third-order valence-electron chi connectivity index (χ3n) is 2.40. The molecule has 0 aromatic heterocycles. The van der Waals surface area contributed by atoms with Crippen LogP contribution in [0.5, 0.6) is 0 Å². The lowest BCUT2D eigenvalue weighted by Crippen LogP contribution is -2.31. The van der Waals surface area contributed by atoms with Crippen molar-refractivity contribution in [3.05, 3.63) is 35.4 Å². The van der Waals surface area contributed by atoms with Crippen LogP contribution in [0.15, 0.2) is 24.3 Å². The van der Waals surface area contributed by atoms with Crippen molar-refractivity contribution < 1.29 is 4.84 Å². The molecule has 16 heavy (non-hydrogen) atoms. The van der Waals surface area contributed by atoms with Crippen LogP contribution in [-0.2, 0) is 4.84 Å². The molecule has 1 aromatic rings. The van der Waals surface area contributed by atoms with E-state index in [1.165, 1.54) is 11.1 Å². The molecule has 0 spiro atoms. The molecular formula is C14H23NO. The molecule has 0 bridgehead atoms. The van der Waals surface area contributed by atoms with Crippen LogP contribution in [0.25, 0.3) is 0 Å². The van der Waals surface area contributed by atoms with Crippen LogP contribution in [0.3, 0.4) is 0 Å². The second-order valence-corrected chi connectivity index (χ2v) is 5.20. The number of hydrogen-bond donors (Lipinski definition) is 1. The summed E-state index contributed by atoms with van der Waals surface area (Å²) in [4.78, 5) is 5.62. The first-order valence-corrected chi connectivity index (χ1v) is 5.92. The first-order chi connectivity index (χ1) is 7.42. The Labute approximate surface area is 99.0 Å². The molecule has 1 atom stereocenters. The molecule has 90 valence electrons. The molecule has 1 unspecified atom stereocenters. The Hall–Kier alpha value is -0.860. The van der Waals surface area contributed by atoms with Gasteiger partial charge >= 0.3 is 0 Å². The summed E-state index contributed by atoms with van der Waals surface area (Å²) >= 11 is 0. The minimum atomic E-state index is -0.155. The molecule has 0 heterocycles. The van der Waals surface area contributed by atoms with Crippen molar-refractivity contribution in [2.75, 3.05) is 0 Å². The summed E-state index contributed by atoms with van der Waals surface area (Å²) in [5.74, 6) is 0. The highest BCUT2D eigenvalue weighted by molar-refractivity contribution is 5.23. The van der Waals surface area contributed by atoms with E-state index in [4.69, 9.17) is 4.84 Å². The van der Waals surface area contributed by atoms with Crippen LogP contribution in [0, 0.1) is 6.92 Å². The van der Waals surface area contributed by atoms with Crippen LogP contribution < -0.4 is 5.48 Å². The van der Waals surface area contributed by atoms with Crippen molar-refractivity contribution in [1.29, 1.82) is 0 Å². The van der Waals surface area contributed by atoms with Crippen molar-refractivity contribution >= 4 is 0 Å². The quantitative estimate of drug-likeness (QED) is 0.781. The fourth-order valence-corrected chi connectivity index (χ4v) is 1.43. The summed E-state index contributed by atoms with van der Waals surface area (Å²) in [6, 6.07) is 8.85. The maximum absolute atomic E-state index is 5.62. The highest BCUT2D eigenvalue weighted by Gasteiger charge is 2.15. The largest absolute Gasteiger partial charge is 0.296 e. The van der Waals surface area contributed by atoms with Crippen LogP contribution in [0.4, 0.5) is 0 Å². The number of hydrogen-bond acceptors (Lipinski definition) is 2. The second kappa shape index (κ2) is 5.46. The Morgan fingerprint density at radius 3 is 2.19 bits per heavy atom.